The van der Waals surface area contributed by atoms with Crippen molar-refractivity contribution < 1.29 is 14.3 Å². The summed E-state index contributed by atoms with van der Waals surface area (Å²) in [5, 5.41) is 6.15. The van der Waals surface area contributed by atoms with E-state index < -0.39 is 0 Å². The molecule has 0 saturated heterocycles. The molecule has 26 heavy (non-hydrogen) atoms. The highest BCUT2D eigenvalue weighted by molar-refractivity contribution is 5.93. The number of ether oxygens (including phenoxy) is 2. The summed E-state index contributed by atoms with van der Waals surface area (Å²) in [6.45, 7) is 0. The second-order valence-electron chi connectivity index (χ2n) is 6.29. The van der Waals surface area contributed by atoms with Gasteiger partial charge in [-0.25, -0.2) is 9.97 Å². The predicted molar refractivity (Wildman–Crippen MR) is 99.2 cm³/mol. The first-order chi connectivity index (χ1) is 12.7. The minimum atomic E-state index is -0.123. The van der Waals surface area contributed by atoms with E-state index in [9.17, 15) is 4.79 Å². The fourth-order valence-corrected chi connectivity index (χ4v) is 3.06. The summed E-state index contributed by atoms with van der Waals surface area (Å²) < 4.78 is 10.6. The smallest absolute Gasteiger partial charge is 0.254 e. The highest BCUT2D eigenvalue weighted by atomic mass is 16.5. The molecule has 1 aromatic heterocycles. The van der Waals surface area contributed by atoms with Crippen LogP contribution in [0.1, 0.15) is 42.5 Å². The van der Waals surface area contributed by atoms with E-state index in [4.69, 9.17) is 9.47 Å². The Morgan fingerprint density at radius 3 is 2.46 bits per heavy atom. The third kappa shape index (κ3) is 4.41. The topological polar surface area (TPSA) is 85.4 Å². The molecular formula is C19H24N4O3. The molecule has 1 amide bonds. The number of methoxy groups -OCH3 is 2. The number of anilines is 2. The van der Waals surface area contributed by atoms with Crippen molar-refractivity contribution in [3.63, 3.8) is 0 Å². The molecule has 138 valence electrons. The van der Waals surface area contributed by atoms with E-state index in [1.807, 2.05) is 6.07 Å². The number of rotatable bonds is 6. The van der Waals surface area contributed by atoms with E-state index in [1.54, 1.807) is 26.4 Å². The summed E-state index contributed by atoms with van der Waals surface area (Å²) in [4.78, 5) is 20.8. The third-order valence-corrected chi connectivity index (χ3v) is 4.51. The molecule has 0 unspecified atom stereocenters. The van der Waals surface area contributed by atoms with Gasteiger partial charge in [-0.1, -0.05) is 19.3 Å². The Morgan fingerprint density at radius 1 is 1.08 bits per heavy atom. The van der Waals surface area contributed by atoms with Gasteiger partial charge in [0, 0.05) is 24.5 Å². The molecule has 1 saturated carbocycles. The number of amides is 1. The molecule has 7 nitrogen and oxygen atoms in total. The predicted octanol–water partition coefficient (Wildman–Crippen LogP) is 3.30. The van der Waals surface area contributed by atoms with Crippen LogP contribution in [0.15, 0.2) is 30.6 Å². The molecule has 0 atom stereocenters. The van der Waals surface area contributed by atoms with Gasteiger partial charge in [0.1, 0.15) is 11.5 Å². The molecule has 1 fully saturated rings. The molecule has 1 aliphatic rings. The molecule has 0 aliphatic heterocycles. The lowest BCUT2D eigenvalue weighted by molar-refractivity contribution is 0.0927. The van der Waals surface area contributed by atoms with Gasteiger partial charge in [-0.15, -0.1) is 0 Å². The zero-order valence-electron chi connectivity index (χ0n) is 15.1. The second kappa shape index (κ2) is 8.51. The van der Waals surface area contributed by atoms with Crippen LogP contribution >= 0.6 is 0 Å². The van der Waals surface area contributed by atoms with Crippen molar-refractivity contribution >= 4 is 17.5 Å². The van der Waals surface area contributed by atoms with Crippen LogP contribution in [0.2, 0.25) is 0 Å². The van der Waals surface area contributed by atoms with Crippen LogP contribution in [0.4, 0.5) is 11.6 Å². The molecule has 0 radical (unpaired) electrons. The van der Waals surface area contributed by atoms with Crippen LogP contribution in [0, 0.1) is 0 Å². The van der Waals surface area contributed by atoms with E-state index in [1.165, 1.54) is 31.7 Å². The number of nitrogens with one attached hydrogen (secondary N) is 2. The van der Waals surface area contributed by atoms with E-state index in [0.29, 0.717) is 28.7 Å². The summed E-state index contributed by atoms with van der Waals surface area (Å²) in [6.07, 6.45) is 8.74. The van der Waals surface area contributed by atoms with Crippen molar-refractivity contribution in [2.24, 2.45) is 0 Å². The average Bonchev–Trinajstić information content (AvgIpc) is 2.69. The van der Waals surface area contributed by atoms with Crippen molar-refractivity contribution in [3.8, 4) is 11.5 Å². The van der Waals surface area contributed by atoms with Gasteiger partial charge in [0.15, 0.2) is 0 Å². The monoisotopic (exact) mass is 356 g/mol. The maximum Gasteiger partial charge on any atom is 0.254 e. The Labute approximate surface area is 153 Å². The zero-order valence-corrected chi connectivity index (χ0v) is 15.1. The number of carbonyl (C=O) groups excluding carboxylic acids is 1. The number of benzene rings is 1. The zero-order chi connectivity index (χ0) is 18.4. The minimum Gasteiger partial charge on any atom is -0.497 e. The average molecular weight is 356 g/mol. The molecule has 2 aromatic rings. The number of aromatic nitrogens is 2. The summed E-state index contributed by atoms with van der Waals surface area (Å²) in [5.41, 5.74) is 1.14. The van der Waals surface area contributed by atoms with Crippen molar-refractivity contribution in [2.45, 2.75) is 38.1 Å². The fourth-order valence-electron chi connectivity index (χ4n) is 3.06. The summed E-state index contributed by atoms with van der Waals surface area (Å²) >= 11 is 0. The van der Waals surface area contributed by atoms with Crippen LogP contribution < -0.4 is 20.1 Å². The largest absolute Gasteiger partial charge is 0.497 e. The number of hydrogen-bond acceptors (Lipinski definition) is 6. The molecule has 0 bridgehead atoms. The number of nitrogens with zero attached hydrogens (tertiary/aromatic N) is 2. The summed E-state index contributed by atoms with van der Waals surface area (Å²) in [5.74, 6) is 1.60. The fraction of sp³-hybridized carbons (Fsp3) is 0.421. The highest BCUT2D eigenvalue weighted by Gasteiger charge is 2.17. The first-order valence-electron chi connectivity index (χ1n) is 8.81. The van der Waals surface area contributed by atoms with Gasteiger partial charge in [-0.3, -0.25) is 4.79 Å². The molecule has 1 aliphatic carbocycles. The van der Waals surface area contributed by atoms with Crippen molar-refractivity contribution in [1.29, 1.82) is 0 Å². The third-order valence-electron chi connectivity index (χ3n) is 4.51. The van der Waals surface area contributed by atoms with E-state index in [2.05, 4.69) is 20.6 Å². The quantitative estimate of drug-likeness (QED) is 0.826. The molecule has 0 spiro atoms. The maximum absolute atomic E-state index is 12.3. The molecule has 3 rings (SSSR count). The second-order valence-corrected chi connectivity index (χ2v) is 6.29. The van der Waals surface area contributed by atoms with Crippen LogP contribution in [0.25, 0.3) is 0 Å². The number of hydrogen-bond donors (Lipinski definition) is 2. The Kier molecular flexibility index (Phi) is 5.88. The SMILES string of the molecule is COc1ccc(OC)c(Nc2ncc(C(=O)NC3CCCCC3)cn2)c1. The summed E-state index contributed by atoms with van der Waals surface area (Å²) in [7, 11) is 3.19. The minimum absolute atomic E-state index is 0.123. The van der Waals surface area contributed by atoms with Gasteiger partial charge in [0.05, 0.1) is 25.5 Å². The van der Waals surface area contributed by atoms with Gasteiger partial charge < -0.3 is 20.1 Å². The van der Waals surface area contributed by atoms with Crippen molar-refractivity contribution in [3.05, 3.63) is 36.2 Å². The molecule has 1 aromatic carbocycles. The lowest BCUT2D eigenvalue weighted by atomic mass is 9.95. The highest BCUT2D eigenvalue weighted by Crippen LogP contribution is 2.30. The van der Waals surface area contributed by atoms with Crippen LogP contribution in [0.3, 0.4) is 0 Å². The normalized spacial score (nSPS) is 14.5. The molecule has 7 heteroatoms. The van der Waals surface area contributed by atoms with E-state index >= 15 is 0 Å². The van der Waals surface area contributed by atoms with Gasteiger partial charge >= 0.3 is 0 Å². The Hall–Kier alpha value is -2.83. The van der Waals surface area contributed by atoms with E-state index in [-0.39, 0.29) is 11.9 Å². The molecule has 2 N–H and O–H groups in total. The Bertz CT molecular complexity index is 743. The van der Waals surface area contributed by atoms with Gasteiger partial charge in [0.25, 0.3) is 5.91 Å². The Balaban J connectivity index is 1.66. The number of carbonyl (C=O) groups is 1. The van der Waals surface area contributed by atoms with Gasteiger partial charge in [0.2, 0.25) is 5.95 Å². The lowest BCUT2D eigenvalue weighted by Gasteiger charge is -2.22. The van der Waals surface area contributed by atoms with Gasteiger partial charge in [-0.05, 0) is 25.0 Å². The first-order valence-corrected chi connectivity index (χ1v) is 8.81. The van der Waals surface area contributed by atoms with Crippen molar-refractivity contribution in [2.75, 3.05) is 19.5 Å². The molecule has 1 heterocycles. The maximum atomic E-state index is 12.3. The van der Waals surface area contributed by atoms with E-state index in [0.717, 1.165) is 12.8 Å². The standard InChI is InChI=1S/C19H24N4O3/c1-25-15-8-9-17(26-2)16(10-15)23-19-20-11-13(12-21-19)18(24)22-14-6-4-3-5-7-14/h8-12,14H,3-7H2,1-2H3,(H,22,24)(H,20,21,23). The van der Waals surface area contributed by atoms with Crippen LogP contribution in [-0.2, 0) is 0 Å². The Morgan fingerprint density at radius 2 is 1.81 bits per heavy atom. The first kappa shape index (κ1) is 18.0. The van der Waals surface area contributed by atoms with Crippen molar-refractivity contribution in [1.82, 2.24) is 15.3 Å². The van der Waals surface area contributed by atoms with Crippen LogP contribution in [-0.4, -0.2) is 36.1 Å². The van der Waals surface area contributed by atoms with Gasteiger partial charge in [-0.2, -0.15) is 0 Å². The molecular weight excluding hydrogens is 332 g/mol. The summed E-state index contributed by atoms with van der Waals surface area (Å²) in [6, 6.07) is 5.66. The lowest BCUT2D eigenvalue weighted by Crippen LogP contribution is -2.36. The van der Waals surface area contributed by atoms with Crippen LogP contribution in [0.5, 0.6) is 11.5 Å².